The minimum absolute atomic E-state index is 0.147. The van der Waals surface area contributed by atoms with E-state index in [0.717, 1.165) is 37.9 Å². The lowest BCUT2D eigenvalue weighted by atomic mass is 9.97. The van der Waals surface area contributed by atoms with Gasteiger partial charge in [-0.15, -0.1) is 0 Å². The van der Waals surface area contributed by atoms with Crippen LogP contribution in [0.1, 0.15) is 57.9 Å². The highest BCUT2D eigenvalue weighted by atomic mass is 16.1. The molecule has 116 valence electrons. The van der Waals surface area contributed by atoms with Gasteiger partial charge in [0.15, 0.2) is 0 Å². The molecule has 1 saturated carbocycles. The summed E-state index contributed by atoms with van der Waals surface area (Å²) in [6.45, 7) is 5.17. The zero-order valence-electron chi connectivity index (χ0n) is 13.3. The van der Waals surface area contributed by atoms with E-state index in [1.54, 1.807) is 0 Å². The van der Waals surface area contributed by atoms with Crippen molar-refractivity contribution in [2.24, 2.45) is 5.92 Å². The molecule has 2 N–H and O–H groups in total. The molecule has 0 unspecified atom stereocenters. The second-order valence-corrected chi connectivity index (χ2v) is 6.12. The van der Waals surface area contributed by atoms with Crippen LogP contribution in [0.4, 0.5) is 5.69 Å². The molecule has 0 aromatic heterocycles. The number of anilines is 1. The number of carbonyl (C=O) groups is 1. The average molecular weight is 288 g/mol. The Morgan fingerprint density at radius 1 is 1.24 bits per heavy atom. The Morgan fingerprint density at radius 2 is 1.95 bits per heavy atom. The van der Waals surface area contributed by atoms with E-state index >= 15 is 0 Å². The third-order valence-corrected chi connectivity index (χ3v) is 4.01. The first-order chi connectivity index (χ1) is 10.2. The molecule has 21 heavy (non-hydrogen) atoms. The number of rotatable bonds is 9. The summed E-state index contributed by atoms with van der Waals surface area (Å²) in [6.07, 6.45) is 6.66. The smallest absolute Gasteiger partial charge is 0.227 e. The molecule has 0 bridgehead atoms. The highest BCUT2D eigenvalue weighted by molar-refractivity contribution is 5.92. The van der Waals surface area contributed by atoms with E-state index in [9.17, 15) is 4.79 Å². The van der Waals surface area contributed by atoms with Crippen molar-refractivity contribution in [2.75, 3.05) is 5.32 Å². The molecule has 1 aliphatic carbocycles. The maximum Gasteiger partial charge on any atom is 0.227 e. The van der Waals surface area contributed by atoms with Crippen LogP contribution in [0.15, 0.2) is 24.3 Å². The zero-order chi connectivity index (χ0) is 15.1. The van der Waals surface area contributed by atoms with E-state index in [-0.39, 0.29) is 11.8 Å². The molecule has 1 aromatic rings. The van der Waals surface area contributed by atoms with Crippen molar-refractivity contribution in [3.8, 4) is 0 Å². The monoisotopic (exact) mass is 288 g/mol. The average Bonchev–Trinajstić information content (AvgIpc) is 3.29. The van der Waals surface area contributed by atoms with Gasteiger partial charge in [-0.1, -0.05) is 38.8 Å². The second kappa shape index (κ2) is 8.18. The van der Waals surface area contributed by atoms with Crippen molar-refractivity contribution in [1.29, 1.82) is 0 Å². The number of benzene rings is 1. The minimum atomic E-state index is 0.147. The van der Waals surface area contributed by atoms with Crippen molar-refractivity contribution in [3.63, 3.8) is 0 Å². The number of hydrogen-bond donors (Lipinski definition) is 2. The van der Waals surface area contributed by atoms with Gasteiger partial charge in [0, 0.05) is 24.2 Å². The van der Waals surface area contributed by atoms with Crippen LogP contribution in [0, 0.1) is 5.92 Å². The maximum absolute atomic E-state index is 12.4. The molecule has 0 spiro atoms. The summed E-state index contributed by atoms with van der Waals surface area (Å²) in [5.74, 6) is 0.319. The molecule has 3 heteroatoms. The summed E-state index contributed by atoms with van der Waals surface area (Å²) in [5, 5.41) is 6.59. The Bertz CT molecular complexity index is 448. The second-order valence-electron chi connectivity index (χ2n) is 6.12. The topological polar surface area (TPSA) is 41.1 Å². The molecule has 0 saturated heterocycles. The predicted octanol–water partition coefficient (Wildman–Crippen LogP) is 4.09. The molecule has 1 aromatic carbocycles. The predicted molar refractivity (Wildman–Crippen MR) is 88.2 cm³/mol. The van der Waals surface area contributed by atoms with Gasteiger partial charge >= 0.3 is 0 Å². The molecule has 0 atom stereocenters. The summed E-state index contributed by atoms with van der Waals surface area (Å²) in [6, 6.07) is 8.91. The molecule has 1 aliphatic rings. The van der Waals surface area contributed by atoms with Crippen molar-refractivity contribution >= 4 is 11.6 Å². The fraction of sp³-hybridized carbons (Fsp3) is 0.611. The molecule has 2 rings (SSSR count). The lowest BCUT2D eigenvalue weighted by Crippen LogP contribution is -2.23. The van der Waals surface area contributed by atoms with Crippen molar-refractivity contribution in [3.05, 3.63) is 29.8 Å². The Morgan fingerprint density at radius 3 is 2.57 bits per heavy atom. The largest absolute Gasteiger partial charge is 0.326 e. The Labute approximate surface area is 128 Å². The van der Waals surface area contributed by atoms with Crippen LogP contribution in [0.2, 0.25) is 0 Å². The van der Waals surface area contributed by atoms with Crippen LogP contribution >= 0.6 is 0 Å². The summed E-state index contributed by atoms with van der Waals surface area (Å²) >= 11 is 0. The minimum Gasteiger partial charge on any atom is -0.326 e. The first-order valence-electron chi connectivity index (χ1n) is 8.36. The Kier molecular flexibility index (Phi) is 6.24. The van der Waals surface area contributed by atoms with E-state index in [2.05, 4.69) is 36.6 Å². The number of nitrogens with one attached hydrogen (secondary N) is 2. The first kappa shape index (κ1) is 16.0. The van der Waals surface area contributed by atoms with Gasteiger partial charge in [0.2, 0.25) is 5.91 Å². The fourth-order valence-electron chi connectivity index (χ4n) is 2.66. The molecule has 1 fully saturated rings. The van der Waals surface area contributed by atoms with Crippen LogP contribution in [0.25, 0.3) is 0 Å². The van der Waals surface area contributed by atoms with Crippen LogP contribution < -0.4 is 10.6 Å². The summed E-state index contributed by atoms with van der Waals surface area (Å²) in [7, 11) is 0. The van der Waals surface area contributed by atoms with Gasteiger partial charge in [-0.05, 0) is 43.4 Å². The molecular weight excluding hydrogens is 260 g/mol. The van der Waals surface area contributed by atoms with Gasteiger partial charge in [0.1, 0.15) is 0 Å². The molecule has 0 aliphatic heterocycles. The number of amides is 1. The van der Waals surface area contributed by atoms with E-state index in [1.807, 2.05) is 12.1 Å². The van der Waals surface area contributed by atoms with Gasteiger partial charge in [-0.2, -0.15) is 0 Å². The lowest BCUT2D eigenvalue weighted by Gasteiger charge is -2.15. The Balaban J connectivity index is 1.90. The van der Waals surface area contributed by atoms with Gasteiger partial charge in [0.25, 0.3) is 0 Å². The number of hydrogen-bond acceptors (Lipinski definition) is 2. The molecule has 0 radical (unpaired) electrons. The third-order valence-electron chi connectivity index (χ3n) is 4.01. The van der Waals surface area contributed by atoms with Crippen molar-refractivity contribution in [2.45, 2.75) is 65.0 Å². The summed E-state index contributed by atoms with van der Waals surface area (Å²) in [5.41, 5.74) is 2.16. The van der Waals surface area contributed by atoms with Gasteiger partial charge < -0.3 is 10.6 Å². The molecule has 0 heterocycles. The van der Waals surface area contributed by atoms with E-state index in [4.69, 9.17) is 0 Å². The van der Waals surface area contributed by atoms with E-state index < -0.39 is 0 Å². The maximum atomic E-state index is 12.4. The zero-order valence-corrected chi connectivity index (χ0v) is 13.3. The quantitative estimate of drug-likeness (QED) is 0.718. The highest BCUT2D eigenvalue weighted by Gasteiger charge is 2.20. The Hall–Kier alpha value is -1.35. The van der Waals surface area contributed by atoms with Gasteiger partial charge in [-0.25, -0.2) is 0 Å². The van der Waals surface area contributed by atoms with E-state index in [0.29, 0.717) is 6.04 Å². The number of carbonyl (C=O) groups excluding carboxylic acids is 1. The lowest BCUT2D eigenvalue weighted by molar-refractivity contribution is -0.120. The molecular formula is C18H28N2O. The molecule has 3 nitrogen and oxygen atoms in total. The van der Waals surface area contributed by atoms with Crippen LogP contribution in [0.3, 0.4) is 0 Å². The first-order valence-corrected chi connectivity index (χ1v) is 8.36. The van der Waals surface area contributed by atoms with Crippen LogP contribution in [-0.4, -0.2) is 11.9 Å². The van der Waals surface area contributed by atoms with Crippen molar-refractivity contribution < 1.29 is 4.79 Å². The standard InChI is InChI=1S/C18H28N2O/c1-3-6-15(7-4-2)18(21)20-17-9-5-8-14(12-17)13-19-16-10-11-16/h5,8-9,12,15-16,19H,3-4,6-7,10-11,13H2,1-2H3,(H,20,21). The van der Waals surface area contributed by atoms with Crippen LogP contribution in [-0.2, 0) is 11.3 Å². The highest BCUT2D eigenvalue weighted by Crippen LogP contribution is 2.21. The van der Waals surface area contributed by atoms with Crippen molar-refractivity contribution in [1.82, 2.24) is 5.32 Å². The van der Waals surface area contributed by atoms with E-state index in [1.165, 1.54) is 18.4 Å². The SMILES string of the molecule is CCCC(CCC)C(=O)Nc1cccc(CNC2CC2)c1. The van der Waals surface area contributed by atoms with Gasteiger partial charge in [-0.3, -0.25) is 4.79 Å². The van der Waals surface area contributed by atoms with Gasteiger partial charge in [0.05, 0.1) is 0 Å². The van der Waals surface area contributed by atoms with Crippen LogP contribution in [0.5, 0.6) is 0 Å². The normalized spacial score (nSPS) is 14.4. The molecule has 1 amide bonds. The summed E-state index contributed by atoms with van der Waals surface area (Å²) in [4.78, 5) is 12.4. The summed E-state index contributed by atoms with van der Waals surface area (Å²) < 4.78 is 0. The fourth-order valence-corrected chi connectivity index (χ4v) is 2.66. The third kappa shape index (κ3) is 5.50.